The van der Waals surface area contributed by atoms with E-state index in [9.17, 15) is 19.6 Å². The molecule has 0 radical (unpaired) electrons. The Kier molecular flexibility index (Phi) is 4.64. The third kappa shape index (κ3) is 2.96. The van der Waals surface area contributed by atoms with Gasteiger partial charge in [-0.15, -0.1) is 0 Å². The van der Waals surface area contributed by atoms with Crippen molar-refractivity contribution < 1.29 is 28.6 Å². The number of hydroxylamine groups is 1. The number of rotatable bonds is 6. The highest BCUT2D eigenvalue weighted by Gasteiger charge is 2.70. The van der Waals surface area contributed by atoms with Crippen LogP contribution in [-0.4, -0.2) is 54.2 Å². The molecule has 1 saturated heterocycles. The lowest BCUT2D eigenvalue weighted by atomic mass is 9.49. The van der Waals surface area contributed by atoms with E-state index in [0.29, 0.717) is 29.3 Å². The van der Waals surface area contributed by atoms with Gasteiger partial charge in [-0.25, -0.2) is 0 Å². The van der Waals surface area contributed by atoms with Crippen molar-refractivity contribution in [3.05, 3.63) is 11.0 Å². The highest BCUT2D eigenvalue weighted by atomic mass is 16.6. The molecule has 1 N–H and O–H groups in total. The van der Waals surface area contributed by atoms with Crippen LogP contribution in [0.3, 0.4) is 0 Å². The Morgan fingerprint density at radius 2 is 1.75 bits per heavy atom. The van der Waals surface area contributed by atoms with E-state index in [1.165, 1.54) is 19.3 Å². The zero-order valence-electron chi connectivity index (χ0n) is 18.1. The molecule has 7 aliphatic rings. The highest BCUT2D eigenvalue weighted by Crippen LogP contribution is 2.62. The number of nitrogens with zero attached hydrogens (tertiary/aromatic N) is 2. The molecular formula is C22H29N3O7-2. The molecule has 0 spiro atoms. The summed E-state index contributed by atoms with van der Waals surface area (Å²) in [6.07, 6.45) is 5.80. The molecule has 7 rings (SSSR count). The van der Waals surface area contributed by atoms with E-state index in [4.69, 9.17) is 20.1 Å². The minimum absolute atomic E-state index is 0.159. The largest absolute Gasteiger partial charge is 0.773 e. The fourth-order valence-corrected chi connectivity index (χ4v) is 8.38. The zero-order chi connectivity index (χ0) is 22.4. The van der Waals surface area contributed by atoms with Gasteiger partial charge in [0.15, 0.2) is 0 Å². The number of esters is 3. The molecular weight excluding hydrogens is 418 g/mol. The van der Waals surface area contributed by atoms with Crippen LogP contribution in [0.1, 0.15) is 44.9 Å². The Balaban J connectivity index is 1.19. The maximum Gasteiger partial charge on any atom is 0.312 e. The summed E-state index contributed by atoms with van der Waals surface area (Å²) < 4.78 is 16.9. The molecule has 6 saturated carbocycles. The van der Waals surface area contributed by atoms with Crippen LogP contribution in [-0.2, 0) is 28.6 Å². The molecule has 6 unspecified atom stereocenters. The Morgan fingerprint density at radius 3 is 2.34 bits per heavy atom. The molecule has 0 aromatic heterocycles. The monoisotopic (exact) mass is 447 g/mol. The summed E-state index contributed by atoms with van der Waals surface area (Å²) in [5, 5.41) is 11.9. The molecule has 1 aliphatic heterocycles. The SMILES string of the molecule is CN([O-])N([NH-])COC(=O)C1C2CC3C(OC(=O)C31)C2OC(=O)C12CC3CC(CC(C3)C1)C2. The van der Waals surface area contributed by atoms with Crippen molar-refractivity contribution in [1.29, 1.82) is 0 Å². The number of carbonyl (C=O) groups excluding carboxylic acids is 3. The average molecular weight is 447 g/mol. The van der Waals surface area contributed by atoms with Gasteiger partial charge in [-0.2, -0.15) is 0 Å². The summed E-state index contributed by atoms with van der Waals surface area (Å²) >= 11 is 0. The number of carbonyl (C=O) groups is 3. The Labute approximate surface area is 186 Å². The van der Waals surface area contributed by atoms with Gasteiger partial charge >= 0.3 is 17.9 Å². The number of nitrogens with one attached hydrogen (secondary N) is 1. The zero-order valence-corrected chi connectivity index (χ0v) is 18.1. The van der Waals surface area contributed by atoms with Crippen molar-refractivity contribution in [2.75, 3.05) is 13.8 Å². The van der Waals surface area contributed by atoms with Crippen LogP contribution in [0.15, 0.2) is 0 Å². The van der Waals surface area contributed by atoms with Crippen LogP contribution in [0.4, 0.5) is 0 Å². The molecule has 6 aliphatic carbocycles. The summed E-state index contributed by atoms with van der Waals surface area (Å²) in [6, 6.07) is 0. The second-order valence-corrected chi connectivity index (χ2v) is 11.0. The van der Waals surface area contributed by atoms with Gasteiger partial charge < -0.3 is 35.6 Å². The molecule has 6 atom stereocenters. The quantitative estimate of drug-likeness (QED) is 0.260. The van der Waals surface area contributed by atoms with Crippen molar-refractivity contribution in [2.45, 2.75) is 57.2 Å². The van der Waals surface area contributed by atoms with E-state index in [1.54, 1.807) is 0 Å². The van der Waals surface area contributed by atoms with Crippen LogP contribution in [0.25, 0.3) is 5.84 Å². The normalized spacial score (nSPS) is 47.4. The number of hydrazine groups is 1. The molecule has 32 heavy (non-hydrogen) atoms. The minimum Gasteiger partial charge on any atom is -0.773 e. The number of fused-ring (bicyclic) bond motifs is 1. The first kappa shape index (κ1) is 20.8. The first-order valence-corrected chi connectivity index (χ1v) is 11.7. The standard InChI is InChI=1S/C22H29N3O7/c1-24(29)25(23)9-30-19(26)15-13-5-14-16(15)20(27)31-17(14)18(13)32-21(28)22-6-10-2-11(7-22)4-12(3-10)8-22/h10-18,23H,2-9H2,1H3/q-2. The maximum absolute atomic E-state index is 13.5. The third-order valence-corrected chi connectivity index (χ3v) is 9.20. The molecule has 10 heteroatoms. The van der Waals surface area contributed by atoms with Crippen LogP contribution in [0.5, 0.6) is 0 Å². The van der Waals surface area contributed by atoms with Crippen LogP contribution in [0, 0.1) is 52.0 Å². The van der Waals surface area contributed by atoms with Crippen molar-refractivity contribution in [3.8, 4) is 0 Å². The number of ether oxygens (including phenoxy) is 3. The first-order valence-electron chi connectivity index (χ1n) is 11.7. The van der Waals surface area contributed by atoms with Crippen LogP contribution in [0.2, 0.25) is 0 Å². The van der Waals surface area contributed by atoms with E-state index in [1.807, 2.05) is 0 Å². The summed E-state index contributed by atoms with van der Waals surface area (Å²) in [7, 11) is 1.12. The summed E-state index contributed by atoms with van der Waals surface area (Å²) in [5.41, 5.74) is -0.418. The van der Waals surface area contributed by atoms with Gasteiger partial charge in [0, 0.05) is 11.8 Å². The molecule has 1 heterocycles. The van der Waals surface area contributed by atoms with E-state index in [2.05, 4.69) is 0 Å². The Morgan fingerprint density at radius 1 is 1.12 bits per heavy atom. The minimum atomic E-state index is -0.772. The predicted octanol–water partition coefficient (Wildman–Crippen LogP) is 2.04. The molecule has 10 nitrogen and oxygen atoms in total. The van der Waals surface area contributed by atoms with Crippen molar-refractivity contribution in [1.82, 2.24) is 10.3 Å². The smallest absolute Gasteiger partial charge is 0.312 e. The molecule has 7 fully saturated rings. The molecule has 6 bridgehead atoms. The van der Waals surface area contributed by atoms with E-state index >= 15 is 0 Å². The van der Waals surface area contributed by atoms with Gasteiger partial charge in [-0.05, 0) is 69.7 Å². The third-order valence-electron chi connectivity index (χ3n) is 9.20. The Bertz CT molecular complexity index is 812. The molecule has 0 amide bonds. The van der Waals surface area contributed by atoms with E-state index in [-0.39, 0.29) is 23.0 Å². The highest BCUT2D eigenvalue weighted by molar-refractivity contribution is 5.86. The Hall–Kier alpha value is -1.75. The predicted molar refractivity (Wildman–Crippen MR) is 107 cm³/mol. The van der Waals surface area contributed by atoms with Gasteiger partial charge in [0.2, 0.25) is 0 Å². The van der Waals surface area contributed by atoms with Gasteiger partial charge in [-0.3, -0.25) is 14.4 Å². The van der Waals surface area contributed by atoms with E-state index < -0.39 is 48.1 Å². The average Bonchev–Trinajstić information content (AvgIpc) is 3.34. The summed E-state index contributed by atoms with van der Waals surface area (Å²) in [4.78, 5) is 38.9. The van der Waals surface area contributed by atoms with E-state index in [0.717, 1.165) is 26.3 Å². The second-order valence-electron chi connectivity index (χ2n) is 11.0. The maximum atomic E-state index is 13.5. The fourth-order valence-electron chi connectivity index (χ4n) is 8.38. The summed E-state index contributed by atoms with van der Waals surface area (Å²) in [5.74, 6) is 6.17. The van der Waals surface area contributed by atoms with Gasteiger partial charge in [0.25, 0.3) is 0 Å². The van der Waals surface area contributed by atoms with Crippen LogP contribution < -0.4 is 0 Å². The topological polar surface area (TPSA) is 132 Å². The van der Waals surface area contributed by atoms with Gasteiger partial charge in [-0.1, -0.05) is 0 Å². The second kappa shape index (κ2) is 7.12. The number of hydrogen-bond donors (Lipinski definition) is 0. The van der Waals surface area contributed by atoms with Crippen molar-refractivity contribution in [3.63, 3.8) is 0 Å². The lowest BCUT2D eigenvalue weighted by Crippen LogP contribution is -2.53. The number of hydrogen-bond acceptors (Lipinski definition) is 9. The molecule has 0 aromatic rings. The van der Waals surface area contributed by atoms with Gasteiger partial charge in [0.1, 0.15) is 18.9 Å². The lowest BCUT2D eigenvalue weighted by Gasteiger charge is -2.55. The van der Waals surface area contributed by atoms with Crippen molar-refractivity contribution in [2.24, 2.45) is 46.8 Å². The summed E-state index contributed by atoms with van der Waals surface area (Å²) in [6.45, 7) is -0.532. The first-order chi connectivity index (χ1) is 15.3. The van der Waals surface area contributed by atoms with Crippen molar-refractivity contribution >= 4 is 17.9 Å². The fraction of sp³-hybridized carbons (Fsp3) is 0.864. The lowest BCUT2D eigenvalue weighted by molar-refractivity contribution is -0.188. The van der Waals surface area contributed by atoms with Crippen LogP contribution >= 0.6 is 0 Å². The van der Waals surface area contributed by atoms with Gasteiger partial charge in [0.05, 0.1) is 17.3 Å². The molecule has 0 aromatic carbocycles. The molecule has 176 valence electrons.